The number of hydrogen-bond donors (Lipinski definition) is 0. The van der Waals surface area contributed by atoms with Gasteiger partial charge in [-0.25, -0.2) is 9.59 Å². The summed E-state index contributed by atoms with van der Waals surface area (Å²) in [5.74, 6) is -0.418. The molecular formula is C20H22N2O4. The molecule has 1 aliphatic heterocycles. The minimum absolute atomic E-state index is 0.345. The van der Waals surface area contributed by atoms with Crippen LogP contribution in [-0.2, 0) is 15.9 Å². The Bertz CT molecular complexity index is 838. The molecule has 0 bridgehead atoms. The molecule has 0 saturated heterocycles. The van der Waals surface area contributed by atoms with Gasteiger partial charge in [0.05, 0.1) is 24.1 Å². The Kier molecular flexibility index (Phi) is 4.68. The number of methoxy groups -OCH3 is 1. The number of aromatic nitrogens is 1. The third kappa shape index (κ3) is 3.54. The van der Waals surface area contributed by atoms with E-state index in [0.29, 0.717) is 12.1 Å². The zero-order valence-electron chi connectivity index (χ0n) is 15.4. The number of ether oxygens (including phenoxy) is 2. The van der Waals surface area contributed by atoms with Crippen molar-refractivity contribution in [3.05, 3.63) is 47.7 Å². The van der Waals surface area contributed by atoms with Crippen LogP contribution in [0, 0.1) is 0 Å². The van der Waals surface area contributed by atoms with Crippen molar-refractivity contribution in [3.63, 3.8) is 0 Å². The summed E-state index contributed by atoms with van der Waals surface area (Å²) in [6.45, 7) is 6.13. The summed E-state index contributed by atoms with van der Waals surface area (Å²) in [4.78, 5) is 30.1. The molecular weight excluding hydrogens is 332 g/mol. The second-order valence-corrected chi connectivity index (χ2v) is 7.11. The summed E-state index contributed by atoms with van der Waals surface area (Å²) in [7, 11) is 1.34. The predicted octanol–water partition coefficient (Wildman–Crippen LogP) is 3.83. The quantitative estimate of drug-likeness (QED) is 0.767. The minimum atomic E-state index is -0.539. The Hall–Kier alpha value is -2.89. The molecule has 1 aromatic carbocycles. The van der Waals surface area contributed by atoms with Crippen molar-refractivity contribution in [2.75, 3.05) is 18.6 Å². The maximum atomic E-state index is 12.5. The normalized spacial score (nSPS) is 13.3. The first kappa shape index (κ1) is 17.9. The van der Waals surface area contributed by atoms with Gasteiger partial charge in [0.2, 0.25) is 0 Å². The molecule has 1 aliphatic rings. The highest BCUT2D eigenvalue weighted by Gasteiger charge is 2.30. The molecule has 3 rings (SSSR count). The number of hydrogen-bond acceptors (Lipinski definition) is 5. The van der Waals surface area contributed by atoms with Gasteiger partial charge in [-0.15, -0.1) is 0 Å². The van der Waals surface area contributed by atoms with E-state index in [0.717, 1.165) is 28.9 Å². The number of rotatable bonds is 2. The SMILES string of the molecule is COC(=O)c1ccc(-c2cccc3c2CCN3C(=O)OC(C)(C)C)nc1. The fourth-order valence-electron chi connectivity index (χ4n) is 2.97. The Labute approximate surface area is 152 Å². The number of nitrogens with zero attached hydrogens (tertiary/aromatic N) is 2. The third-order valence-corrected chi connectivity index (χ3v) is 4.10. The van der Waals surface area contributed by atoms with Crippen LogP contribution < -0.4 is 4.90 Å². The number of fused-ring (bicyclic) bond motifs is 1. The van der Waals surface area contributed by atoms with Gasteiger partial charge in [-0.05, 0) is 51.0 Å². The van der Waals surface area contributed by atoms with Gasteiger partial charge in [0, 0.05) is 18.3 Å². The van der Waals surface area contributed by atoms with Crippen LogP contribution in [0.2, 0.25) is 0 Å². The molecule has 0 unspecified atom stereocenters. The number of amides is 1. The molecule has 1 amide bonds. The second-order valence-electron chi connectivity index (χ2n) is 7.11. The Balaban J connectivity index is 1.91. The number of anilines is 1. The van der Waals surface area contributed by atoms with E-state index in [-0.39, 0.29) is 6.09 Å². The van der Waals surface area contributed by atoms with Crippen LogP contribution in [0.15, 0.2) is 36.5 Å². The zero-order chi connectivity index (χ0) is 18.9. The minimum Gasteiger partial charge on any atom is -0.465 e. The topological polar surface area (TPSA) is 68.7 Å². The van der Waals surface area contributed by atoms with Gasteiger partial charge in [0.25, 0.3) is 0 Å². The molecule has 0 saturated carbocycles. The van der Waals surface area contributed by atoms with Crippen LogP contribution in [0.25, 0.3) is 11.3 Å². The average molecular weight is 354 g/mol. The van der Waals surface area contributed by atoms with E-state index in [2.05, 4.69) is 4.98 Å². The monoisotopic (exact) mass is 354 g/mol. The number of pyridine rings is 1. The molecule has 2 heterocycles. The summed E-state index contributed by atoms with van der Waals surface area (Å²) in [5, 5.41) is 0. The molecule has 6 heteroatoms. The van der Waals surface area contributed by atoms with Crippen molar-refractivity contribution in [2.45, 2.75) is 32.8 Å². The van der Waals surface area contributed by atoms with Crippen LogP contribution in [0.1, 0.15) is 36.7 Å². The summed E-state index contributed by atoms with van der Waals surface area (Å²) in [5.41, 5.74) is 3.46. The first-order valence-electron chi connectivity index (χ1n) is 8.47. The van der Waals surface area contributed by atoms with E-state index in [9.17, 15) is 9.59 Å². The number of esters is 1. The summed E-state index contributed by atoms with van der Waals surface area (Å²) in [6, 6.07) is 9.26. The number of carbonyl (C=O) groups is 2. The largest absolute Gasteiger partial charge is 0.465 e. The van der Waals surface area contributed by atoms with E-state index < -0.39 is 11.6 Å². The Morgan fingerprint density at radius 1 is 1.15 bits per heavy atom. The summed E-state index contributed by atoms with van der Waals surface area (Å²) in [6.07, 6.45) is 1.88. The maximum Gasteiger partial charge on any atom is 0.414 e. The van der Waals surface area contributed by atoms with Gasteiger partial charge < -0.3 is 9.47 Å². The lowest BCUT2D eigenvalue weighted by Gasteiger charge is -2.24. The van der Waals surface area contributed by atoms with E-state index in [4.69, 9.17) is 9.47 Å². The molecule has 0 radical (unpaired) electrons. The van der Waals surface area contributed by atoms with Gasteiger partial charge >= 0.3 is 12.1 Å². The fourth-order valence-corrected chi connectivity index (χ4v) is 2.97. The molecule has 136 valence electrons. The van der Waals surface area contributed by atoms with E-state index in [1.54, 1.807) is 17.0 Å². The fraction of sp³-hybridized carbons (Fsp3) is 0.350. The molecule has 0 aliphatic carbocycles. The standard InChI is InChI=1S/C20H22N2O4/c1-20(2,3)26-19(24)22-11-10-15-14(6-5-7-17(15)22)16-9-8-13(12-21-16)18(23)25-4/h5-9,12H,10-11H2,1-4H3. The van der Waals surface area contributed by atoms with Gasteiger partial charge in [-0.1, -0.05) is 12.1 Å². The van der Waals surface area contributed by atoms with Crippen molar-refractivity contribution in [2.24, 2.45) is 0 Å². The average Bonchev–Trinajstić information content (AvgIpc) is 3.04. The highest BCUT2D eigenvalue weighted by molar-refractivity contribution is 5.93. The molecule has 0 N–H and O–H groups in total. The smallest absolute Gasteiger partial charge is 0.414 e. The third-order valence-electron chi connectivity index (χ3n) is 4.10. The van der Waals surface area contributed by atoms with Crippen LogP contribution in [-0.4, -0.2) is 36.3 Å². The second kappa shape index (κ2) is 6.78. The molecule has 6 nitrogen and oxygen atoms in total. The molecule has 1 aromatic heterocycles. The van der Waals surface area contributed by atoms with Gasteiger partial charge in [0.1, 0.15) is 5.60 Å². The lowest BCUT2D eigenvalue weighted by atomic mass is 10.0. The Morgan fingerprint density at radius 3 is 2.54 bits per heavy atom. The lowest BCUT2D eigenvalue weighted by Crippen LogP contribution is -2.35. The molecule has 2 aromatic rings. The Morgan fingerprint density at radius 2 is 1.92 bits per heavy atom. The number of benzene rings is 1. The highest BCUT2D eigenvalue weighted by Crippen LogP contribution is 2.36. The van der Waals surface area contributed by atoms with Gasteiger partial charge in [-0.2, -0.15) is 0 Å². The van der Waals surface area contributed by atoms with Crippen LogP contribution in [0.3, 0.4) is 0 Å². The van der Waals surface area contributed by atoms with E-state index in [1.807, 2.05) is 39.0 Å². The van der Waals surface area contributed by atoms with Crippen molar-refractivity contribution in [1.82, 2.24) is 4.98 Å². The van der Waals surface area contributed by atoms with Crippen molar-refractivity contribution >= 4 is 17.7 Å². The van der Waals surface area contributed by atoms with Crippen LogP contribution in [0.5, 0.6) is 0 Å². The van der Waals surface area contributed by atoms with Crippen molar-refractivity contribution in [3.8, 4) is 11.3 Å². The van der Waals surface area contributed by atoms with Gasteiger partial charge in [-0.3, -0.25) is 9.88 Å². The summed E-state index contributed by atoms with van der Waals surface area (Å²) < 4.78 is 10.2. The molecule has 0 atom stereocenters. The molecule has 0 spiro atoms. The van der Waals surface area contributed by atoms with E-state index >= 15 is 0 Å². The molecule has 0 fully saturated rings. The first-order valence-corrected chi connectivity index (χ1v) is 8.47. The molecule has 26 heavy (non-hydrogen) atoms. The predicted molar refractivity (Wildman–Crippen MR) is 98.3 cm³/mol. The van der Waals surface area contributed by atoms with Crippen LogP contribution >= 0.6 is 0 Å². The first-order chi connectivity index (χ1) is 12.3. The van der Waals surface area contributed by atoms with Gasteiger partial charge in [0.15, 0.2) is 0 Å². The van der Waals surface area contributed by atoms with Crippen LogP contribution in [0.4, 0.5) is 10.5 Å². The lowest BCUT2D eigenvalue weighted by molar-refractivity contribution is 0.0579. The highest BCUT2D eigenvalue weighted by atomic mass is 16.6. The zero-order valence-corrected chi connectivity index (χ0v) is 15.4. The number of carbonyl (C=O) groups excluding carboxylic acids is 2. The van der Waals surface area contributed by atoms with Crippen molar-refractivity contribution < 1.29 is 19.1 Å². The van der Waals surface area contributed by atoms with Crippen molar-refractivity contribution in [1.29, 1.82) is 0 Å². The van der Waals surface area contributed by atoms with E-state index in [1.165, 1.54) is 13.3 Å². The summed E-state index contributed by atoms with van der Waals surface area (Å²) >= 11 is 0. The maximum absolute atomic E-state index is 12.5.